The van der Waals surface area contributed by atoms with E-state index in [1.165, 1.54) is 17.7 Å². The predicted octanol–water partition coefficient (Wildman–Crippen LogP) is 3.28. The number of hydrogen-bond acceptors (Lipinski definition) is 2. The quantitative estimate of drug-likeness (QED) is 0.866. The van der Waals surface area contributed by atoms with Crippen molar-refractivity contribution in [1.29, 1.82) is 0 Å². The van der Waals surface area contributed by atoms with E-state index in [1.54, 1.807) is 12.1 Å². The normalized spacial score (nSPS) is 12.2. The van der Waals surface area contributed by atoms with Gasteiger partial charge in [-0.25, -0.2) is 4.39 Å². The summed E-state index contributed by atoms with van der Waals surface area (Å²) in [5.41, 5.74) is 2.81. The third kappa shape index (κ3) is 3.08. The molecular weight excluding hydrogens is 229 g/mol. The molecular formula is C15H16FNO. The van der Waals surface area contributed by atoms with Gasteiger partial charge < -0.3 is 10.4 Å². The van der Waals surface area contributed by atoms with Crippen LogP contribution < -0.4 is 5.32 Å². The molecule has 2 N–H and O–H groups in total. The average Bonchev–Trinajstić information content (AvgIpc) is 2.38. The molecule has 2 aromatic carbocycles. The number of benzene rings is 2. The topological polar surface area (TPSA) is 32.3 Å². The van der Waals surface area contributed by atoms with Crippen molar-refractivity contribution in [2.45, 2.75) is 13.0 Å². The number of aliphatic hydroxyl groups excluding tert-OH is 1. The molecule has 1 unspecified atom stereocenters. The Labute approximate surface area is 106 Å². The van der Waals surface area contributed by atoms with Gasteiger partial charge in [-0.1, -0.05) is 29.8 Å². The standard InChI is InChI=1S/C15H16FNO/c1-11-5-7-14(8-6-11)17-15(10-18)12-3-2-4-13(16)9-12/h2-9,15,17-18H,10H2,1H3. The summed E-state index contributed by atoms with van der Waals surface area (Å²) in [7, 11) is 0. The first-order chi connectivity index (χ1) is 8.69. The van der Waals surface area contributed by atoms with Gasteiger partial charge >= 0.3 is 0 Å². The van der Waals surface area contributed by atoms with Gasteiger partial charge in [-0.15, -0.1) is 0 Å². The zero-order valence-corrected chi connectivity index (χ0v) is 10.2. The fourth-order valence-electron chi connectivity index (χ4n) is 1.81. The van der Waals surface area contributed by atoms with Gasteiger partial charge in [-0.2, -0.15) is 0 Å². The van der Waals surface area contributed by atoms with Crippen LogP contribution in [0, 0.1) is 12.7 Å². The molecule has 0 amide bonds. The molecule has 0 saturated heterocycles. The molecule has 2 aromatic rings. The van der Waals surface area contributed by atoms with Crippen LogP contribution in [0.15, 0.2) is 48.5 Å². The lowest BCUT2D eigenvalue weighted by atomic mass is 10.1. The molecule has 1 atom stereocenters. The molecule has 2 nitrogen and oxygen atoms in total. The number of aliphatic hydroxyl groups is 1. The van der Waals surface area contributed by atoms with Crippen LogP contribution in [0.4, 0.5) is 10.1 Å². The third-order valence-corrected chi connectivity index (χ3v) is 2.83. The van der Waals surface area contributed by atoms with Crippen molar-refractivity contribution in [3.63, 3.8) is 0 Å². The van der Waals surface area contributed by atoms with Crippen molar-refractivity contribution < 1.29 is 9.50 Å². The summed E-state index contributed by atoms with van der Waals surface area (Å²) in [5.74, 6) is -0.295. The van der Waals surface area contributed by atoms with E-state index in [1.807, 2.05) is 31.2 Å². The first kappa shape index (κ1) is 12.6. The molecule has 18 heavy (non-hydrogen) atoms. The Morgan fingerprint density at radius 1 is 1.17 bits per heavy atom. The fourth-order valence-corrected chi connectivity index (χ4v) is 1.81. The van der Waals surface area contributed by atoms with Crippen LogP contribution in [0.25, 0.3) is 0 Å². The highest BCUT2D eigenvalue weighted by atomic mass is 19.1. The van der Waals surface area contributed by atoms with Gasteiger partial charge in [-0.05, 0) is 36.8 Å². The zero-order chi connectivity index (χ0) is 13.0. The monoisotopic (exact) mass is 245 g/mol. The first-order valence-corrected chi connectivity index (χ1v) is 5.88. The zero-order valence-electron chi connectivity index (χ0n) is 10.2. The van der Waals surface area contributed by atoms with Gasteiger partial charge in [0.05, 0.1) is 12.6 Å². The van der Waals surface area contributed by atoms with Gasteiger partial charge in [-0.3, -0.25) is 0 Å². The molecule has 0 aliphatic heterocycles. The minimum Gasteiger partial charge on any atom is -0.394 e. The lowest BCUT2D eigenvalue weighted by Crippen LogP contribution is -2.14. The van der Waals surface area contributed by atoms with Crippen molar-refractivity contribution in [1.82, 2.24) is 0 Å². The highest BCUT2D eigenvalue weighted by molar-refractivity contribution is 5.46. The molecule has 3 heteroatoms. The van der Waals surface area contributed by atoms with Crippen LogP contribution in [-0.4, -0.2) is 11.7 Å². The van der Waals surface area contributed by atoms with E-state index >= 15 is 0 Å². The molecule has 0 spiro atoms. The average molecular weight is 245 g/mol. The lowest BCUT2D eigenvalue weighted by molar-refractivity contribution is 0.276. The molecule has 0 aliphatic rings. The maximum Gasteiger partial charge on any atom is 0.123 e. The Morgan fingerprint density at radius 2 is 1.89 bits per heavy atom. The molecule has 0 aliphatic carbocycles. The van der Waals surface area contributed by atoms with Gasteiger partial charge in [0.15, 0.2) is 0 Å². The Hall–Kier alpha value is -1.87. The smallest absolute Gasteiger partial charge is 0.123 e. The number of nitrogens with one attached hydrogen (secondary N) is 1. The largest absolute Gasteiger partial charge is 0.394 e. The van der Waals surface area contributed by atoms with Crippen LogP contribution in [-0.2, 0) is 0 Å². The number of aryl methyl sites for hydroxylation is 1. The second-order valence-electron chi connectivity index (χ2n) is 4.30. The summed E-state index contributed by atoms with van der Waals surface area (Å²) < 4.78 is 13.1. The summed E-state index contributed by atoms with van der Waals surface area (Å²) in [5, 5.41) is 12.6. The fraction of sp³-hybridized carbons (Fsp3) is 0.200. The van der Waals surface area contributed by atoms with E-state index in [4.69, 9.17) is 0 Å². The summed E-state index contributed by atoms with van der Waals surface area (Å²) in [6.07, 6.45) is 0. The van der Waals surface area contributed by atoms with Crippen molar-refractivity contribution in [3.05, 3.63) is 65.5 Å². The summed E-state index contributed by atoms with van der Waals surface area (Å²) >= 11 is 0. The molecule has 2 rings (SSSR count). The SMILES string of the molecule is Cc1ccc(NC(CO)c2cccc(F)c2)cc1. The summed E-state index contributed by atoms with van der Waals surface area (Å²) in [6.45, 7) is 1.93. The van der Waals surface area contributed by atoms with Crippen LogP contribution in [0.2, 0.25) is 0 Å². The van der Waals surface area contributed by atoms with Crippen LogP contribution in [0.3, 0.4) is 0 Å². The number of hydrogen-bond donors (Lipinski definition) is 2. The van der Waals surface area contributed by atoms with Gasteiger partial charge in [0.25, 0.3) is 0 Å². The van der Waals surface area contributed by atoms with Crippen molar-refractivity contribution in [2.75, 3.05) is 11.9 Å². The van der Waals surface area contributed by atoms with Crippen LogP contribution in [0.1, 0.15) is 17.2 Å². The Balaban J connectivity index is 2.17. The maximum absolute atomic E-state index is 13.1. The highest BCUT2D eigenvalue weighted by Gasteiger charge is 2.10. The second-order valence-corrected chi connectivity index (χ2v) is 4.30. The summed E-state index contributed by atoms with van der Waals surface area (Å²) in [4.78, 5) is 0. The minimum absolute atomic E-state index is 0.0860. The number of rotatable bonds is 4. The lowest BCUT2D eigenvalue weighted by Gasteiger charge is -2.18. The van der Waals surface area contributed by atoms with Crippen LogP contribution >= 0.6 is 0 Å². The first-order valence-electron chi connectivity index (χ1n) is 5.88. The molecule has 0 fully saturated rings. The van der Waals surface area contributed by atoms with E-state index < -0.39 is 0 Å². The van der Waals surface area contributed by atoms with E-state index in [-0.39, 0.29) is 18.5 Å². The van der Waals surface area contributed by atoms with E-state index in [0.29, 0.717) is 0 Å². The number of halogens is 1. The highest BCUT2D eigenvalue weighted by Crippen LogP contribution is 2.20. The van der Waals surface area contributed by atoms with Gasteiger partial charge in [0.2, 0.25) is 0 Å². The predicted molar refractivity (Wildman–Crippen MR) is 71.0 cm³/mol. The summed E-state index contributed by atoms with van der Waals surface area (Å²) in [6, 6.07) is 13.8. The number of anilines is 1. The van der Waals surface area contributed by atoms with Gasteiger partial charge in [0, 0.05) is 5.69 Å². The van der Waals surface area contributed by atoms with Crippen molar-refractivity contribution in [2.24, 2.45) is 0 Å². The molecule has 0 heterocycles. The third-order valence-electron chi connectivity index (χ3n) is 2.83. The van der Waals surface area contributed by atoms with Crippen LogP contribution in [0.5, 0.6) is 0 Å². The van der Waals surface area contributed by atoms with Crippen molar-refractivity contribution in [3.8, 4) is 0 Å². The molecule has 0 aromatic heterocycles. The molecule has 0 bridgehead atoms. The van der Waals surface area contributed by atoms with Crippen molar-refractivity contribution >= 4 is 5.69 Å². The molecule has 0 saturated carbocycles. The van der Waals surface area contributed by atoms with E-state index in [2.05, 4.69) is 5.32 Å². The minimum atomic E-state index is -0.302. The second kappa shape index (κ2) is 5.65. The maximum atomic E-state index is 13.1. The Kier molecular flexibility index (Phi) is 3.95. The van der Waals surface area contributed by atoms with E-state index in [0.717, 1.165) is 11.3 Å². The van der Waals surface area contributed by atoms with E-state index in [9.17, 15) is 9.50 Å². The Morgan fingerprint density at radius 3 is 2.50 bits per heavy atom. The molecule has 94 valence electrons. The van der Waals surface area contributed by atoms with Gasteiger partial charge in [0.1, 0.15) is 5.82 Å². The molecule has 0 radical (unpaired) electrons. The Bertz CT molecular complexity index is 510.